The van der Waals surface area contributed by atoms with Crippen LogP contribution in [0.2, 0.25) is 0 Å². The number of nitrogens with one attached hydrogen (secondary N) is 2. The molecular formula is C14H21N3OS. The van der Waals surface area contributed by atoms with Crippen LogP contribution in [0.5, 0.6) is 0 Å². The summed E-state index contributed by atoms with van der Waals surface area (Å²) in [5.41, 5.74) is 1.39. The lowest BCUT2D eigenvalue weighted by atomic mass is 9.94. The Bertz CT molecular complexity index is 438. The first kappa shape index (κ1) is 14.2. The molecule has 2 rings (SSSR count). The number of amides is 1. The summed E-state index contributed by atoms with van der Waals surface area (Å²) in [7, 11) is 1.84. The van der Waals surface area contributed by atoms with Crippen molar-refractivity contribution in [3.63, 3.8) is 0 Å². The summed E-state index contributed by atoms with van der Waals surface area (Å²) in [6.45, 7) is 0. The van der Waals surface area contributed by atoms with E-state index in [1.54, 1.807) is 12.3 Å². The quantitative estimate of drug-likeness (QED) is 0.889. The first-order valence-electron chi connectivity index (χ1n) is 6.72. The molecule has 0 aliphatic heterocycles. The number of anilines is 1. The highest BCUT2D eigenvalue weighted by Gasteiger charge is 2.26. The van der Waals surface area contributed by atoms with Crippen LogP contribution < -0.4 is 10.6 Å². The van der Waals surface area contributed by atoms with Gasteiger partial charge in [0, 0.05) is 30.2 Å². The lowest BCUT2D eigenvalue weighted by molar-refractivity contribution is 0.0924. The van der Waals surface area contributed by atoms with Gasteiger partial charge in [-0.3, -0.25) is 9.78 Å². The second-order valence-corrected chi connectivity index (χ2v) is 5.90. The van der Waals surface area contributed by atoms with E-state index in [1.807, 2.05) is 24.9 Å². The standard InChI is InChI=1S/C14H21N3OS/c1-15-10-7-8-16-12(9-10)14(18)17-11-5-3-4-6-13(11)19-2/h7-9,11,13H,3-6H2,1-2H3,(H,15,16)(H,17,18). The van der Waals surface area contributed by atoms with Crippen LogP contribution in [0.4, 0.5) is 5.69 Å². The fraction of sp³-hybridized carbons (Fsp3) is 0.571. The number of aromatic nitrogens is 1. The number of nitrogens with zero attached hydrogens (tertiary/aromatic N) is 1. The maximum atomic E-state index is 12.2. The van der Waals surface area contributed by atoms with Crippen molar-refractivity contribution in [2.45, 2.75) is 37.0 Å². The summed E-state index contributed by atoms with van der Waals surface area (Å²) in [5, 5.41) is 6.69. The fourth-order valence-corrected chi connectivity index (χ4v) is 3.43. The zero-order chi connectivity index (χ0) is 13.7. The number of hydrogen-bond acceptors (Lipinski definition) is 4. The molecule has 5 heteroatoms. The first-order chi connectivity index (χ1) is 9.24. The zero-order valence-corrected chi connectivity index (χ0v) is 12.3. The van der Waals surface area contributed by atoms with E-state index in [4.69, 9.17) is 0 Å². The molecule has 0 saturated heterocycles. The van der Waals surface area contributed by atoms with Gasteiger partial charge in [0.1, 0.15) is 5.69 Å². The van der Waals surface area contributed by atoms with Gasteiger partial charge in [-0.15, -0.1) is 0 Å². The highest BCUT2D eigenvalue weighted by atomic mass is 32.2. The molecule has 0 bridgehead atoms. The third kappa shape index (κ3) is 3.62. The van der Waals surface area contributed by atoms with Crippen molar-refractivity contribution in [1.82, 2.24) is 10.3 Å². The normalized spacial score (nSPS) is 22.8. The van der Waals surface area contributed by atoms with Crippen molar-refractivity contribution in [2.24, 2.45) is 0 Å². The van der Waals surface area contributed by atoms with Crippen molar-refractivity contribution < 1.29 is 4.79 Å². The van der Waals surface area contributed by atoms with E-state index in [1.165, 1.54) is 19.3 Å². The molecule has 4 nitrogen and oxygen atoms in total. The summed E-state index contributed by atoms with van der Waals surface area (Å²) >= 11 is 1.85. The van der Waals surface area contributed by atoms with Gasteiger partial charge in [0.2, 0.25) is 0 Å². The van der Waals surface area contributed by atoms with Gasteiger partial charge in [-0.25, -0.2) is 0 Å². The van der Waals surface area contributed by atoms with Crippen LogP contribution in [0, 0.1) is 0 Å². The van der Waals surface area contributed by atoms with E-state index in [-0.39, 0.29) is 11.9 Å². The second-order valence-electron chi connectivity index (χ2n) is 4.82. The Balaban J connectivity index is 2.02. The van der Waals surface area contributed by atoms with E-state index in [9.17, 15) is 4.79 Å². The molecule has 0 radical (unpaired) electrons. The number of pyridine rings is 1. The molecule has 1 saturated carbocycles. The van der Waals surface area contributed by atoms with E-state index in [2.05, 4.69) is 21.9 Å². The monoisotopic (exact) mass is 279 g/mol. The maximum absolute atomic E-state index is 12.2. The Kier molecular flexibility index (Phi) is 5.07. The van der Waals surface area contributed by atoms with Gasteiger partial charge < -0.3 is 10.6 Å². The fourth-order valence-electron chi connectivity index (χ4n) is 2.50. The van der Waals surface area contributed by atoms with Gasteiger partial charge in [-0.05, 0) is 31.2 Å². The van der Waals surface area contributed by atoms with Crippen LogP contribution in [-0.2, 0) is 0 Å². The molecule has 1 amide bonds. The molecule has 19 heavy (non-hydrogen) atoms. The van der Waals surface area contributed by atoms with E-state index >= 15 is 0 Å². The molecule has 1 aliphatic carbocycles. The average molecular weight is 279 g/mol. The number of rotatable bonds is 4. The summed E-state index contributed by atoms with van der Waals surface area (Å²) in [5.74, 6) is -0.0666. The van der Waals surface area contributed by atoms with Crippen LogP contribution >= 0.6 is 11.8 Å². The van der Waals surface area contributed by atoms with E-state index in [0.717, 1.165) is 12.1 Å². The zero-order valence-electron chi connectivity index (χ0n) is 11.5. The lowest BCUT2D eigenvalue weighted by Gasteiger charge is -2.30. The highest BCUT2D eigenvalue weighted by molar-refractivity contribution is 7.99. The molecule has 1 aliphatic rings. The molecule has 1 aromatic rings. The summed E-state index contributed by atoms with van der Waals surface area (Å²) in [4.78, 5) is 16.4. The first-order valence-corrected chi connectivity index (χ1v) is 8.01. The van der Waals surface area contributed by atoms with Crippen molar-refractivity contribution in [2.75, 3.05) is 18.6 Å². The van der Waals surface area contributed by atoms with Gasteiger partial charge in [-0.2, -0.15) is 11.8 Å². The van der Waals surface area contributed by atoms with Crippen LogP contribution in [0.1, 0.15) is 36.2 Å². The van der Waals surface area contributed by atoms with Gasteiger partial charge in [0.25, 0.3) is 5.91 Å². The van der Waals surface area contributed by atoms with Crippen LogP contribution in [0.3, 0.4) is 0 Å². The van der Waals surface area contributed by atoms with E-state index in [0.29, 0.717) is 10.9 Å². The smallest absolute Gasteiger partial charge is 0.270 e. The van der Waals surface area contributed by atoms with Gasteiger partial charge in [0.15, 0.2) is 0 Å². The molecule has 1 aromatic heterocycles. The highest BCUT2D eigenvalue weighted by Crippen LogP contribution is 2.27. The van der Waals surface area contributed by atoms with Crippen molar-refractivity contribution >= 4 is 23.4 Å². The maximum Gasteiger partial charge on any atom is 0.270 e. The second kappa shape index (κ2) is 6.80. The van der Waals surface area contributed by atoms with Gasteiger partial charge >= 0.3 is 0 Å². The Morgan fingerprint density at radius 2 is 2.21 bits per heavy atom. The largest absolute Gasteiger partial charge is 0.388 e. The Labute approximate surface area is 118 Å². The number of carbonyl (C=O) groups excluding carboxylic acids is 1. The number of thioether (sulfide) groups is 1. The molecular weight excluding hydrogens is 258 g/mol. The topological polar surface area (TPSA) is 54.0 Å². The third-order valence-corrected chi connectivity index (χ3v) is 4.77. The summed E-state index contributed by atoms with van der Waals surface area (Å²) < 4.78 is 0. The van der Waals surface area contributed by atoms with Crippen LogP contribution in [-0.4, -0.2) is 35.5 Å². The minimum atomic E-state index is -0.0666. The molecule has 2 N–H and O–H groups in total. The molecule has 0 spiro atoms. The Hall–Kier alpha value is -1.23. The van der Waals surface area contributed by atoms with Crippen LogP contribution in [0.25, 0.3) is 0 Å². The molecule has 2 atom stereocenters. The summed E-state index contributed by atoms with van der Waals surface area (Å²) in [6.07, 6.45) is 8.51. The van der Waals surface area contributed by atoms with Crippen LogP contribution in [0.15, 0.2) is 18.3 Å². The van der Waals surface area contributed by atoms with Crippen molar-refractivity contribution in [3.8, 4) is 0 Å². The predicted molar refractivity (Wildman–Crippen MR) is 80.8 cm³/mol. The van der Waals surface area contributed by atoms with Crippen molar-refractivity contribution in [3.05, 3.63) is 24.0 Å². The van der Waals surface area contributed by atoms with Gasteiger partial charge in [-0.1, -0.05) is 12.8 Å². The Morgan fingerprint density at radius 1 is 1.42 bits per heavy atom. The lowest BCUT2D eigenvalue weighted by Crippen LogP contribution is -2.43. The molecule has 0 aromatic carbocycles. The average Bonchev–Trinajstić information content (AvgIpc) is 2.47. The third-order valence-electron chi connectivity index (χ3n) is 3.60. The minimum absolute atomic E-state index is 0.0666. The minimum Gasteiger partial charge on any atom is -0.388 e. The summed E-state index contributed by atoms with van der Waals surface area (Å²) in [6, 6.07) is 3.91. The molecule has 104 valence electrons. The van der Waals surface area contributed by atoms with Gasteiger partial charge in [0.05, 0.1) is 0 Å². The van der Waals surface area contributed by atoms with Crippen molar-refractivity contribution in [1.29, 1.82) is 0 Å². The predicted octanol–water partition coefficient (Wildman–Crippen LogP) is 2.53. The molecule has 2 unspecified atom stereocenters. The molecule has 1 heterocycles. The molecule has 1 fully saturated rings. The number of carbonyl (C=O) groups is 1. The van der Waals surface area contributed by atoms with E-state index < -0.39 is 0 Å². The SMILES string of the molecule is CNc1ccnc(C(=O)NC2CCCCC2SC)c1. The Morgan fingerprint density at radius 3 is 2.95 bits per heavy atom. The number of hydrogen-bond donors (Lipinski definition) is 2.